The number of aromatic nitrogens is 2. The smallest absolute Gasteiger partial charge is 0.247 e. The standard InChI is InChI=1S/C25H27FN4O3/c1-5-29(16-24(31)27-20-7-6-8-22(15-20)33-4)25(32)14-13-23-17(2)28-30(18(23)3)21-11-9-19(26)10-12-21/h6-15H,5,16H2,1-4H3,(H,27,31)/b14-13+. The van der Waals surface area contributed by atoms with E-state index in [9.17, 15) is 14.0 Å². The molecule has 1 heterocycles. The van der Waals surface area contributed by atoms with Crippen LogP contribution in [-0.2, 0) is 9.59 Å². The second kappa shape index (κ2) is 10.6. The van der Waals surface area contributed by atoms with Crippen LogP contribution in [0, 0.1) is 19.7 Å². The van der Waals surface area contributed by atoms with Gasteiger partial charge in [-0.25, -0.2) is 9.07 Å². The Hall–Kier alpha value is -3.94. The number of carbonyl (C=O) groups excluding carboxylic acids is 2. The zero-order valence-electron chi connectivity index (χ0n) is 19.1. The second-order valence-electron chi connectivity index (χ2n) is 7.44. The average molecular weight is 451 g/mol. The lowest BCUT2D eigenvalue weighted by Gasteiger charge is -2.18. The molecule has 1 aromatic heterocycles. The molecule has 2 aromatic carbocycles. The van der Waals surface area contributed by atoms with Crippen LogP contribution in [0.4, 0.5) is 10.1 Å². The van der Waals surface area contributed by atoms with E-state index in [0.29, 0.717) is 18.0 Å². The fraction of sp³-hybridized carbons (Fsp3) is 0.240. The Kier molecular flexibility index (Phi) is 7.61. The van der Waals surface area contributed by atoms with Crippen LogP contribution in [0.1, 0.15) is 23.9 Å². The molecule has 3 aromatic rings. The van der Waals surface area contributed by atoms with Crippen LogP contribution in [-0.4, -0.2) is 46.7 Å². The number of hydrogen-bond donors (Lipinski definition) is 1. The van der Waals surface area contributed by atoms with Gasteiger partial charge in [-0.1, -0.05) is 6.07 Å². The lowest BCUT2D eigenvalue weighted by molar-refractivity contribution is -0.130. The first-order valence-electron chi connectivity index (χ1n) is 10.6. The molecule has 0 saturated heterocycles. The predicted octanol–water partition coefficient (Wildman–Crippen LogP) is 4.14. The first-order chi connectivity index (χ1) is 15.8. The summed E-state index contributed by atoms with van der Waals surface area (Å²) in [6.07, 6.45) is 3.14. The first-order valence-corrected chi connectivity index (χ1v) is 10.6. The Balaban J connectivity index is 1.69. The summed E-state index contributed by atoms with van der Waals surface area (Å²) in [7, 11) is 1.55. The number of anilines is 1. The summed E-state index contributed by atoms with van der Waals surface area (Å²) in [4.78, 5) is 26.6. The molecule has 172 valence electrons. The Labute approximate surface area is 192 Å². The highest BCUT2D eigenvalue weighted by Crippen LogP contribution is 2.20. The van der Waals surface area contributed by atoms with Crippen LogP contribution in [0.15, 0.2) is 54.6 Å². The fourth-order valence-corrected chi connectivity index (χ4v) is 3.41. The Morgan fingerprint density at radius 3 is 2.58 bits per heavy atom. The molecule has 7 nitrogen and oxygen atoms in total. The highest BCUT2D eigenvalue weighted by Gasteiger charge is 2.15. The number of likely N-dealkylation sites (N-methyl/N-ethyl adjacent to an activating group) is 1. The van der Waals surface area contributed by atoms with Gasteiger partial charge in [-0.2, -0.15) is 5.10 Å². The minimum Gasteiger partial charge on any atom is -0.497 e. The normalized spacial score (nSPS) is 10.9. The molecule has 0 aliphatic rings. The number of aryl methyl sites for hydroxylation is 1. The molecule has 33 heavy (non-hydrogen) atoms. The van der Waals surface area contributed by atoms with Gasteiger partial charge in [0.15, 0.2) is 0 Å². The van der Waals surface area contributed by atoms with Gasteiger partial charge in [-0.15, -0.1) is 0 Å². The molecule has 8 heteroatoms. The van der Waals surface area contributed by atoms with E-state index in [2.05, 4.69) is 10.4 Å². The van der Waals surface area contributed by atoms with E-state index >= 15 is 0 Å². The molecule has 3 rings (SSSR count). The lowest BCUT2D eigenvalue weighted by Crippen LogP contribution is -2.36. The van der Waals surface area contributed by atoms with Crippen LogP contribution in [0.2, 0.25) is 0 Å². The molecular weight excluding hydrogens is 423 g/mol. The monoisotopic (exact) mass is 450 g/mol. The van der Waals surface area contributed by atoms with Crippen molar-refractivity contribution in [2.45, 2.75) is 20.8 Å². The van der Waals surface area contributed by atoms with Crippen molar-refractivity contribution in [2.75, 3.05) is 25.5 Å². The number of benzene rings is 2. The number of nitrogens with one attached hydrogen (secondary N) is 1. The molecule has 0 saturated carbocycles. The molecule has 0 aliphatic carbocycles. The third-order valence-electron chi connectivity index (χ3n) is 5.19. The number of ether oxygens (including phenoxy) is 1. The minimum absolute atomic E-state index is 0.0797. The molecular formula is C25H27FN4O3. The molecule has 0 fully saturated rings. The van der Waals surface area contributed by atoms with Crippen LogP contribution in [0.3, 0.4) is 0 Å². The predicted molar refractivity (Wildman–Crippen MR) is 126 cm³/mol. The van der Waals surface area contributed by atoms with Gasteiger partial charge in [0.25, 0.3) is 0 Å². The summed E-state index contributed by atoms with van der Waals surface area (Å²) in [5.74, 6) is -0.276. The SMILES string of the molecule is CCN(CC(=O)Nc1cccc(OC)c1)C(=O)/C=C/c1c(C)nn(-c2ccc(F)cc2)c1C. The maximum absolute atomic E-state index is 13.2. The number of amides is 2. The third-order valence-corrected chi connectivity index (χ3v) is 5.19. The fourth-order valence-electron chi connectivity index (χ4n) is 3.41. The molecule has 2 amide bonds. The van der Waals surface area contributed by atoms with Crippen LogP contribution >= 0.6 is 0 Å². The van der Waals surface area contributed by atoms with Crippen molar-refractivity contribution in [3.05, 3.63) is 77.4 Å². The Bertz CT molecular complexity index is 1170. The van der Waals surface area contributed by atoms with Gasteiger partial charge in [0.05, 0.1) is 18.5 Å². The van der Waals surface area contributed by atoms with E-state index in [1.54, 1.807) is 54.3 Å². The van der Waals surface area contributed by atoms with Crippen molar-refractivity contribution in [3.63, 3.8) is 0 Å². The molecule has 1 N–H and O–H groups in total. The van der Waals surface area contributed by atoms with E-state index in [0.717, 1.165) is 22.6 Å². The zero-order chi connectivity index (χ0) is 24.0. The third kappa shape index (κ3) is 5.85. The zero-order valence-corrected chi connectivity index (χ0v) is 19.1. The Morgan fingerprint density at radius 1 is 1.18 bits per heavy atom. The maximum Gasteiger partial charge on any atom is 0.247 e. The highest BCUT2D eigenvalue weighted by molar-refractivity contribution is 5.98. The topological polar surface area (TPSA) is 76.5 Å². The van der Waals surface area contributed by atoms with Crippen LogP contribution in [0.25, 0.3) is 11.8 Å². The van der Waals surface area contributed by atoms with Gasteiger partial charge in [0.1, 0.15) is 18.1 Å². The number of hydrogen-bond acceptors (Lipinski definition) is 4. The summed E-state index contributed by atoms with van der Waals surface area (Å²) in [6, 6.07) is 13.1. The summed E-state index contributed by atoms with van der Waals surface area (Å²) < 4.78 is 20.1. The van der Waals surface area contributed by atoms with Crippen molar-refractivity contribution in [1.29, 1.82) is 0 Å². The summed E-state index contributed by atoms with van der Waals surface area (Å²) in [5.41, 5.74) is 3.68. The van der Waals surface area contributed by atoms with E-state index in [4.69, 9.17) is 4.74 Å². The van der Waals surface area contributed by atoms with Crippen molar-refractivity contribution < 1.29 is 18.7 Å². The molecule has 0 radical (unpaired) electrons. The van der Waals surface area contributed by atoms with Crippen molar-refractivity contribution in [1.82, 2.24) is 14.7 Å². The number of halogens is 1. The summed E-state index contributed by atoms with van der Waals surface area (Å²) in [6.45, 7) is 5.84. The van der Waals surface area contributed by atoms with Gasteiger partial charge in [-0.3, -0.25) is 9.59 Å². The van der Waals surface area contributed by atoms with E-state index in [1.165, 1.54) is 23.1 Å². The second-order valence-corrected chi connectivity index (χ2v) is 7.44. The highest BCUT2D eigenvalue weighted by atomic mass is 19.1. The summed E-state index contributed by atoms with van der Waals surface area (Å²) >= 11 is 0. The maximum atomic E-state index is 13.2. The van der Waals surface area contributed by atoms with Gasteiger partial charge in [0.2, 0.25) is 11.8 Å². The van der Waals surface area contributed by atoms with E-state index in [-0.39, 0.29) is 24.2 Å². The van der Waals surface area contributed by atoms with Gasteiger partial charge >= 0.3 is 0 Å². The summed E-state index contributed by atoms with van der Waals surface area (Å²) in [5, 5.41) is 7.28. The van der Waals surface area contributed by atoms with Crippen LogP contribution < -0.4 is 10.1 Å². The lowest BCUT2D eigenvalue weighted by atomic mass is 10.1. The quantitative estimate of drug-likeness (QED) is 0.524. The Morgan fingerprint density at radius 2 is 1.91 bits per heavy atom. The van der Waals surface area contributed by atoms with E-state index in [1.807, 2.05) is 20.8 Å². The average Bonchev–Trinajstić information content (AvgIpc) is 3.09. The minimum atomic E-state index is -0.318. The van der Waals surface area contributed by atoms with Gasteiger partial charge < -0.3 is 15.0 Å². The first kappa shape index (κ1) is 23.7. The molecule has 0 unspecified atom stereocenters. The molecule has 0 atom stereocenters. The van der Waals surface area contributed by atoms with E-state index < -0.39 is 0 Å². The number of nitrogens with zero attached hydrogens (tertiary/aromatic N) is 3. The van der Waals surface area contributed by atoms with Gasteiger partial charge in [-0.05, 0) is 63.2 Å². The number of rotatable bonds is 8. The molecule has 0 aliphatic heterocycles. The molecule has 0 bridgehead atoms. The molecule has 0 spiro atoms. The number of methoxy groups -OCH3 is 1. The largest absolute Gasteiger partial charge is 0.497 e. The van der Waals surface area contributed by atoms with Crippen molar-refractivity contribution in [2.24, 2.45) is 0 Å². The van der Waals surface area contributed by atoms with Crippen molar-refractivity contribution >= 4 is 23.6 Å². The number of carbonyl (C=O) groups is 2. The van der Waals surface area contributed by atoms with Crippen LogP contribution in [0.5, 0.6) is 5.75 Å². The van der Waals surface area contributed by atoms with Gasteiger partial charge in [0, 0.05) is 35.6 Å². The van der Waals surface area contributed by atoms with Crippen molar-refractivity contribution in [3.8, 4) is 11.4 Å².